The van der Waals surface area contributed by atoms with Crippen molar-refractivity contribution in [3.63, 3.8) is 0 Å². The lowest BCUT2D eigenvalue weighted by Gasteiger charge is -2.24. The largest absolute Gasteiger partial charge is 0.409 e. The van der Waals surface area contributed by atoms with Crippen molar-refractivity contribution in [3.05, 3.63) is 0 Å². The quantitative estimate of drug-likeness (QED) is 0.282. The van der Waals surface area contributed by atoms with Crippen LogP contribution in [0.15, 0.2) is 5.16 Å². The van der Waals surface area contributed by atoms with E-state index in [1.54, 1.807) is 0 Å². The summed E-state index contributed by atoms with van der Waals surface area (Å²) in [4.78, 5) is 0. The minimum Gasteiger partial charge on any atom is -0.409 e. The van der Waals surface area contributed by atoms with Crippen molar-refractivity contribution in [2.75, 3.05) is 6.54 Å². The first kappa shape index (κ1) is 12.3. The minimum absolute atomic E-state index is 0.0249. The van der Waals surface area contributed by atoms with E-state index in [0.29, 0.717) is 5.84 Å². The fraction of sp³-hybridized carbons (Fsp3) is 0.909. The molecule has 4 nitrogen and oxygen atoms in total. The molecule has 0 radical (unpaired) electrons. The number of amidine groups is 1. The van der Waals surface area contributed by atoms with Gasteiger partial charge in [-0.1, -0.05) is 31.3 Å². The summed E-state index contributed by atoms with van der Waals surface area (Å²) in [7, 11) is 0. The molecule has 1 unspecified atom stereocenters. The predicted octanol–water partition coefficient (Wildman–Crippen LogP) is 1.68. The molecule has 0 spiro atoms. The molecule has 15 heavy (non-hydrogen) atoms. The van der Waals surface area contributed by atoms with E-state index in [9.17, 15) is 0 Å². The molecule has 1 fully saturated rings. The lowest BCUT2D eigenvalue weighted by Crippen LogP contribution is -2.43. The van der Waals surface area contributed by atoms with Crippen molar-refractivity contribution in [3.8, 4) is 0 Å². The van der Waals surface area contributed by atoms with Crippen LogP contribution in [0, 0.1) is 5.92 Å². The molecule has 1 saturated carbocycles. The molecular weight excluding hydrogens is 190 g/mol. The van der Waals surface area contributed by atoms with Crippen molar-refractivity contribution in [2.24, 2.45) is 16.8 Å². The standard InChI is InChI=1S/C11H23N3O/c1-2-10(11(12)14-15)13-8-9-6-4-3-5-7-9/h9-10,13,15H,2-8H2,1H3,(H2,12,14). The van der Waals surface area contributed by atoms with Gasteiger partial charge in [-0.05, 0) is 31.7 Å². The third-order valence-electron chi connectivity index (χ3n) is 3.26. The van der Waals surface area contributed by atoms with E-state index < -0.39 is 0 Å². The predicted molar refractivity (Wildman–Crippen MR) is 62.1 cm³/mol. The Morgan fingerprint density at radius 1 is 1.47 bits per heavy atom. The number of nitrogens with zero attached hydrogens (tertiary/aromatic N) is 1. The van der Waals surface area contributed by atoms with E-state index in [1.165, 1.54) is 32.1 Å². The summed E-state index contributed by atoms with van der Waals surface area (Å²) in [6, 6.07) is 0.0249. The normalized spacial score (nSPS) is 21.5. The monoisotopic (exact) mass is 213 g/mol. The molecule has 1 rings (SSSR count). The Hall–Kier alpha value is -0.770. The van der Waals surface area contributed by atoms with E-state index in [-0.39, 0.29) is 6.04 Å². The fourth-order valence-corrected chi connectivity index (χ4v) is 2.23. The third-order valence-corrected chi connectivity index (χ3v) is 3.26. The van der Waals surface area contributed by atoms with E-state index >= 15 is 0 Å². The first-order chi connectivity index (χ1) is 7.27. The molecule has 0 aromatic carbocycles. The summed E-state index contributed by atoms with van der Waals surface area (Å²) in [5, 5.41) is 15.0. The van der Waals surface area contributed by atoms with Gasteiger partial charge in [0.2, 0.25) is 0 Å². The number of hydrogen-bond donors (Lipinski definition) is 3. The second-order valence-electron chi connectivity index (χ2n) is 4.40. The van der Waals surface area contributed by atoms with Crippen LogP contribution >= 0.6 is 0 Å². The van der Waals surface area contributed by atoms with Crippen LogP contribution in [-0.2, 0) is 0 Å². The summed E-state index contributed by atoms with van der Waals surface area (Å²) in [6.07, 6.45) is 7.59. The molecule has 4 heteroatoms. The zero-order valence-corrected chi connectivity index (χ0v) is 9.58. The third kappa shape index (κ3) is 4.08. The summed E-state index contributed by atoms with van der Waals surface area (Å²) in [6.45, 7) is 3.03. The Labute approximate surface area is 91.9 Å². The van der Waals surface area contributed by atoms with Crippen LogP contribution in [0.25, 0.3) is 0 Å². The van der Waals surface area contributed by atoms with Gasteiger partial charge in [-0.25, -0.2) is 0 Å². The first-order valence-corrected chi connectivity index (χ1v) is 5.98. The number of hydrogen-bond acceptors (Lipinski definition) is 3. The molecule has 0 amide bonds. The first-order valence-electron chi connectivity index (χ1n) is 5.98. The molecule has 0 aliphatic heterocycles. The molecule has 0 bridgehead atoms. The Balaban J connectivity index is 2.26. The molecule has 1 aliphatic carbocycles. The molecule has 0 aromatic rings. The summed E-state index contributed by atoms with van der Waals surface area (Å²) in [5.41, 5.74) is 5.58. The van der Waals surface area contributed by atoms with Crippen molar-refractivity contribution < 1.29 is 5.21 Å². The van der Waals surface area contributed by atoms with E-state index in [4.69, 9.17) is 10.9 Å². The average Bonchev–Trinajstić information content (AvgIpc) is 2.31. The van der Waals surface area contributed by atoms with E-state index in [2.05, 4.69) is 10.5 Å². The maximum absolute atomic E-state index is 8.60. The Kier molecular flexibility index (Phi) is 5.47. The number of rotatable bonds is 5. The fourth-order valence-electron chi connectivity index (χ4n) is 2.23. The minimum atomic E-state index is 0.0249. The molecule has 0 aromatic heterocycles. The smallest absolute Gasteiger partial charge is 0.156 e. The Bertz CT molecular complexity index is 200. The summed E-state index contributed by atoms with van der Waals surface area (Å²) in [5.74, 6) is 1.08. The van der Waals surface area contributed by atoms with Gasteiger partial charge in [0.25, 0.3) is 0 Å². The highest BCUT2D eigenvalue weighted by Gasteiger charge is 2.16. The van der Waals surface area contributed by atoms with Crippen molar-refractivity contribution >= 4 is 5.84 Å². The number of oxime groups is 1. The zero-order chi connectivity index (χ0) is 11.1. The molecule has 4 N–H and O–H groups in total. The Morgan fingerprint density at radius 2 is 2.13 bits per heavy atom. The summed E-state index contributed by atoms with van der Waals surface area (Å²) >= 11 is 0. The maximum atomic E-state index is 8.60. The second-order valence-corrected chi connectivity index (χ2v) is 4.40. The SMILES string of the molecule is CCC(NCC1CCCCC1)C(N)=NO. The average molecular weight is 213 g/mol. The van der Waals surface area contributed by atoms with Crippen LogP contribution in [0.4, 0.5) is 0 Å². The molecule has 0 heterocycles. The highest BCUT2D eigenvalue weighted by Crippen LogP contribution is 2.22. The molecule has 0 saturated heterocycles. The van der Waals surface area contributed by atoms with Gasteiger partial charge in [0.05, 0.1) is 6.04 Å². The molecule has 88 valence electrons. The van der Waals surface area contributed by atoms with Gasteiger partial charge in [-0.2, -0.15) is 0 Å². The molecule has 1 atom stereocenters. The van der Waals surface area contributed by atoms with Crippen LogP contribution in [0.1, 0.15) is 45.4 Å². The van der Waals surface area contributed by atoms with Crippen molar-refractivity contribution in [1.82, 2.24) is 5.32 Å². The van der Waals surface area contributed by atoms with E-state index in [0.717, 1.165) is 18.9 Å². The maximum Gasteiger partial charge on any atom is 0.156 e. The van der Waals surface area contributed by atoms with Gasteiger partial charge in [-0.3, -0.25) is 0 Å². The highest BCUT2D eigenvalue weighted by atomic mass is 16.4. The van der Waals surface area contributed by atoms with Crippen LogP contribution in [-0.4, -0.2) is 23.6 Å². The van der Waals surface area contributed by atoms with Crippen molar-refractivity contribution in [2.45, 2.75) is 51.5 Å². The van der Waals surface area contributed by atoms with E-state index in [1.807, 2.05) is 6.92 Å². The topological polar surface area (TPSA) is 70.6 Å². The molecule has 1 aliphatic rings. The lowest BCUT2D eigenvalue weighted by molar-refractivity contribution is 0.309. The van der Waals surface area contributed by atoms with Gasteiger partial charge in [0, 0.05) is 0 Å². The highest BCUT2D eigenvalue weighted by molar-refractivity contribution is 5.85. The van der Waals surface area contributed by atoms with Gasteiger partial charge < -0.3 is 16.3 Å². The zero-order valence-electron chi connectivity index (χ0n) is 9.58. The van der Waals surface area contributed by atoms with Gasteiger partial charge in [-0.15, -0.1) is 0 Å². The summed E-state index contributed by atoms with van der Waals surface area (Å²) < 4.78 is 0. The Morgan fingerprint density at radius 3 is 2.67 bits per heavy atom. The molecular formula is C11H23N3O. The lowest BCUT2D eigenvalue weighted by atomic mass is 9.89. The van der Waals surface area contributed by atoms with Crippen LogP contribution < -0.4 is 11.1 Å². The van der Waals surface area contributed by atoms with Crippen LogP contribution in [0.3, 0.4) is 0 Å². The van der Waals surface area contributed by atoms with Gasteiger partial charge in [0.1, 0.15) is 0 Å². The van der Waals surface area contributed by atoms with Gasteiger partial charge >= 0.3 is 0 Å². The second kappa shape index (κ2) is 6.67. The van der Waals surface area contributed by atoms with Crippen LogP contribution in [0.2, 0.25) is 0 Å². The number of nitrogens with two attached hydrogens (primary N) is 1. The van der Waals surface area contributed by atoms with Crippen LogP contribution in [0.5, 0.6) is 0 Å². The number of nitrogens with one attached hydrogen (secondary N) is 1. The van der Waals surface area contributed by atoms with Gasteiger partial charge in [0.15, 0.2) is 5.84 Å². The van der Waals surface area contributed by atoms with Crippen molar-refractivity contribution in [1.29, 1.82) is 0 Å².